The van der Waals surface area contributed by atoms with Gasteiger partial charge in [0.25, 0.3) is 5.91 Å². The first kappa shape index (κ1) is 24.8. The van der Waals surface area contributed by atoms with Crippen molar-refractivity contribution >= 4 is 5.91 Å². The Labute approximate surface area is 202 Å². The molecule has 186 valence electrons. The zero-order chi connectivity index (χ0) is 25.2. The van der Waals surface area contributed by atoms with E-state index in [4.69, 9.17) is 9.26 Å². The number of alkyl halides is 3. The van der Waals surface area contributed by atoms with Crippen molar-refractivity contribution in [3.05, 3.63) is 81.7 Å². The van der Waals surface area contributed by atoms with E-state index < -0.39 is 11.7 Å². The number of halogens is 3. The number of carbonyl (C=O) groups excluding carboxylic acids is 1. The normalized spacial score (nSPS) is 14.9. The lowest BCUT2D eigenvalue weighted by Crippen LogP contribution is -2.48. The van der Waals surface area contributed by atoms with Gasteiger partial charge >= 0.3 is 6.18 Å². The van der Waals surface area contributed by atoms with Crippen molar-refractivity contribution in [3.63, 3.8) is 0 Å². The number of carbonyl (C=O) groups is 1. The number of amides is 1. The van der Waals surface area contributed by atoms with Crippen LogP contribution in [-0.4, -0.2) is 47.0 Å². The third-order valence-corrected chi connectivity index (χ3v) is 6.37. The zero-order valence-corrected chi connectivity index (χ0v) is 20.0. The molecule has 4 rings (SSSR count). The lowest BCUT2D eigenvalue weighted by molar-refractivity contribution is -0.137. The number of piperazine rings is 1. The molecular weight excluding hydrogens is 459 g/mol. The lowest BCUT2D eigenvalue weighted by Gasteiger charge is -2.34. The molecule has 1 amide bonds. The Morgan fingerprint density at radius 2 is 1.77 bits per heavy atom. The fourth-order valence-corrected chi connectivity index (χ4v) is 4.05. The Morgan fingerprint density at radius 3 is 2.46 bits per heavy atom. The van der Waals surface area contributed by atoms with Crippen molar-refractivity contribution in [1.29, 1.82) is 0 Å². The first-order valence-corrected chi connectivity index (χ1v) is 11.4. The highest BCUT2D eigenvalue weighted by molar-refractivity contribution is 5.93. The van der Waals surface area contributed by atoms with Crippen LogP contribution < -0.4 is 4.74 Å². The van der Waals surface area contributed by atoms with Gasteiger partial charge in [0.15, 0.2) is 5.69 Å². The highest BCUT2D eigenvalue weighted by atomic mass is 19.4. The van der Waals surface area contributed by atoms with Crippen LogP contribution >= 0.6 is 0 Å². The van der Waals surface area contributed by atoms with Crippen LogP contribution in [0.1, 0.15) is 44.1 Å². The molecule has 1 fully saturated rings. The van der Waals surface area contributed by atoms with Crippen LogP contribution in [0.3, 0.4) is 0 Å². The van der Waals surface area contributed by atoms with Gasteiger partial charge in [-0.15, -0.1) is 0 Å². The number of benzene rings is 2. The van der Waals surface area contributed by atoms with Gasteiger partial charge in [0.1, 0.15) is 18.1 Å². The van der Waals surface area contributed by atoms with Gasteiger partial charge in [-0.05, 0) is 55.7 Å². The molecule has 0 unspecified atom stereocenters. The van der Waals surface area contributed by atoms with Crippen molar-refractivity contribution in [2.45, 2.75) is 40.1 Å². The summed E-state index contributed by atoms with van der Waals surface area (Å²) in [7, 11) is 0. The fraction of sp³-hybridized carbons (Fsp3) is 0.385. The van der Waals surface area contributed by atoms with Crippen molar-refractivity contribution in [1.82, 2.24) is 15.0 Å². The monoisotopic (exact) mass is 487 g/mol. The largest absolute Gasteiger partial charge is 0.489 e. The van der Waals surface area contributed by atoms with Crippen LogP contribution in [-0.2, 0) is 19.3 Å². The summed E-state index contributed by atoms with van der Waals surface area (Å²) >= 11 is 0. The van der Waals surface area contributed by atoms with Crippen molar-refractivity contribution in [3.8, 4) is 5.75 Å². The number of rotatable bonds is 6. The summed E-state index contributed by atoms with van der Waals surface area (Å²) in [4.78, 5) is 16.9. The standard InChI is InChI=1S/C26H28F3N3O3/c1-17-7-8-22(13-18(17)2)34-16-23-19(3)35-30-24(23)25(33)32-11-9-31(10-12-32)15-20-5-4-6-21(14-20)26(27,28)29/h4-8,13-14H,9-12,15-16H2,1-3H3. The van der Waals surface area contributed by atoms with Gasteiger partial charge in [0.05, 0.1) is 11.1 Å². The molecule has 1 aromatic heterocycles. The number of aromatic nitrogens is 1. The predicted molar refractivity (Wildman–Crippen MR) is 124 cm³/mol. The van der Waals surface area contributed by atoms with Gasteiger partial charge in [0, 0.05) is 32.7 Å². The van der Waals surface area contributed by atoms with Crippen molar-refractivity contribution in [2.75, 3.05) is 26.2 Å². The molecule has 0 atom stereocenters. The van der Waals surface area contributed by atoms with Gasteiger partial charge in [0.2, 0.25) is 0 Å². The second kappa shape index (κ2) is 10.1. The molecule has 1 saturated heterocycles. The molecule has 0 spiro atoms. The van der Waals surface area contributed by atoms with E-state index >= 15 is 0 Å². The third-order valence-electron chi connectivity index (χ3n) is 6.37. The molecule has 2 aromatic carbocycles. The Hall–Kier alpha value is -3.33. The molecule has 0 radical (unpaired) electrons. The Kier molecular flexibility index (Phi) is 7.16. The first-order valence-electron chi connectivity index (χ1n) is 11.4. The van der Waals surface area contributed by atoms with Crippen LogP contribution in [0, 0.1) is 20.8 Å². The molecule has 2 heterocycles. The van der Waals surface area contributed by atoms with Crippen LogP contribution in [0.15, 0.2) is 47.0 Å². The van der Waals surface area contributed by atoms with Crippen molar-refractivity contribution in [2.24, 2.45) is 0 Å². The topological polar surface area (TPSA) is 58.8 Å². The van der Waals surface area contributed by atoms with E-state index in [0.29, 0.717) is 55.4 Å². The summed E-state index contributed by atoms with van der Waals surface area (Å²) in [5.74, 6) is 0.995. The van der Waals surface area contributed by atoms with E-state index in [-0.39, 0.29) is 18.2 Å². The number of aryl methyl sites for hydroxylation is 3. The van der Waals surface area contributed by atoms with Crippen LogP contribution in [0.5, 0.6) is 5.75 Å². The molecule has 35 heavy (non-hydrogen) atoms. The quantitative estimate of drug-likeness (QED) is 0.481. The van der Waals surface area contributed by atoms with Crippen molar-refractivity contribution < 1.29 is 27.2 Å². The minimum absolute atomic E-state index is 0.161. The van der Waals surface area contributed by atoms with E-state index in [2.05, 4.69) is 5.16 Å². The average Bonchev–Trinajstić information content (AvgIpc) is 3.19. The Bertz CT molecular complexity index is 1200. The maximum atomic E-state index is 13.2. The summed E-state index contributed by atoms with van der Waals surface area (Å²) in [6.07, 6.45) is -4.36. The van der Waals surface area contributed by atoms with Crippen LogP contribution in [0.4, 0.5) is 13.2 Å². The highest BCUT2D eigenvalue weighted by Gasteiger charge is 2.31. The molecule has 6 nitrogen and oxygen atoms in total. The molecule has 1 aliphatic heterocycles. The van der Waals surface area contributed by atoms with Gasteiger partial charge in [-0.1, -0.05) is 29.4 Å². The summed E-state index contributed by atoms with van der Waals surface area (Å²) in [5.41, 5.74) is 3.07. The number of hydrogen-bond donors (Lipinski definition) is 0. The maximum absolute atomic E-state index is 13.2. The molecule has 1 aliphatic rings. The Balaban J connectivity index is 1.36. The minimum atomic E-state index is -4.36. The minimum Gasteiger partial charge on any atom is -0.489 e. The number of hydrogen-bond acceptors (Lipinski definition) is 5. The highest BCUT2D eigenvalue weighted by Crippen LogP contribution is 2.30. The van der Waals surface area contributed by atoms with E-state index in [1.54, 1.807) is 17.9 Å². The van der Waals surface area contributed by atoms with Crippen LogP contribution in [0.2, 0.25) is 0 Å². The average molecular weight is 488 g/mol. The molecule has 0 N–H and O–H groups in total. The fourth-order valence-electron chi connectivity index (χ4n) is 4.05. The van der Waals surface area contributed by atoms with E-state index in [0.717, 1.165) is 11.6 Å². The lowest BCUT2D eigenvalue weighted by atomic mass is 10.1. The van der Waals surface area contributed by atoms with E-state index in [1.165, 1.54) is 17.7 Å². The van der Waals surface area contributed by atoms with Crippen LogP contribution in [0.25, 0.3) is 0 Å². The van der Waals surface area contributed by atoms with Gasteiger partial charge < -0.3 is 14.2 Å². The molecule has 0 bridgehead atoms. The van der Waals surface area contributed by atoms with E-state index in [9.17, 15) is 18.0 Å². The molecule has 0 saturated carbocycles. The summed E-state index contributed by atoms with van der Waals surface area (Å²) in [5, 5.41) is 3.99. The molecule has 3 aromatic rings. The zero-order valence-electron chi connectivity index (χ0n) is 20.0. The molecule has 0 aliphatic carbocycles. The maximum Gasteiger partial charge on any atom is 0.416 e. The van der Waals surface area contributed by atoms with E-state index in [1.807, 2.05) is 36.9 Å². The SMILES string of the molecule is Cc1ccc(OCc2c(C(=O)N3CCN(Cc4cccc(C(F)(F)F)c4)CC3)noc2C)cc1C. The third kappa shape index (κ3) is 5.85. The summed E-state index contributed by atoms with van der Waals surface area (Å²) < 4.78 is 50.2. The second-order valence-electron chi connectivity index (χ2n) is 8.87. The van der Waals surface area contributed by atoms with Gasteiger partial charge in [-0.3, -0.25) is 9.69 Å². The summed E-state index contributed by atoms with van der Waals surface area (Å²) in [6, 6.07) is 11.2. The number of nitrogens with zero attached hydrogens (tertiary/aromatic N) is 3. The second-order valence-corrected chi connectivity index (χ2v) is 8.87. The number of ether oxygens (including phenoxy) is 1. The molecule has 9 heteroatoms. The van der Waals surface area contributed by atoms with Gasteiger partial charge in [-0.25, -0.2) is 0 Å². The van der Waals surface area contributed by atoms with Gasteiger partial charge in [-0.2, -0.15) is 13.2 Å². The first-order chi connectivity index (χ1) is 16.6. The Morgan fingerprint density at radius 1 is 1.03 bits per heavy atom. The molecular formula is C26H28F3N3O3. The summed E-state index contributed by atoms with van der Waals surface area (Å²) in [6.45, 7) is 8.32. The predicted octanol–water partition coefficient (Wildman–Crippen LogP) is 5.16. The smallest absolute Gasteiger partial charge is 0.416 e.